The van der Waals surface area contributed by atoms with E-state index in [0.717, 1.165) is 11.3 Å². The Morgan fingerprint density at radius 1 is 1.33 bits per heavy atom. The summed E-state index contributed by atoms with van der Waals surface area (Å²) in [5.41, 5.74) is 7.81. The number of nitrogens with two attached hydrogens (primary N) is 1. The number of sulfonamides is 1. The van der Waals surface area contributed by atoms with Crippen molar-refractivity contribution in [2.75, 3.05) is 23.7 Å². The Bertz CT molecular complexity index is 736. The van der Waals surface area contributed by atoms with E-state index in [-0.39, 0.29) is 6.54 Å². The third-order valence-electron chi connectivity index (χ3n) is 3.06. The predicted molar refractivity (Wildman–Crippen MR) is 88.5 cm³/mol. The second-order valence-electron chi connectivity index (χ2n) is 4.93. The molecule has 0 aliphatic carbocycles. The highest BCUT2D eigenvalue weighted by Gasteiger charge is 2.22. The fourth-order valence-electron chi connectivity index (χ4n) is 2.04. The predicted octanol–water partition coefficient (Wildman–Crippen LogP) is 2.38. The minimum absolute atomic E-state index is 0.215. The first-order chi connectivity index (χ1) is 9.85. The highest BCUT2D eigenvalue weighted by atomic mass is 32.2. The standard InChI is InChI=1S/C14H19N3O2S2/c1-10-9-20-13(8-15)14(10)21(18,19)16-11-5-4-6-12(7-11)17(2)3/h4-7,9,16H,8,15H2,1-3H3. The van der Waals surface area contributed by atoms with E-state index in [1.165, 1.54) is 11.3 Å². The zero-order valence-corrected chi connectivity index (χ0v) is 13.9. The van der Waals surface area contributed by atoms with E-state index in [1.807, 2.05) is 36.5 Å². The van der Waals surface area contributed by atoms with Gasteiger partial charge in [-0.1, -0.05) is 6.07 Å². The lowest BCUT2D eigenvalue weighted by atomic mass is 10.3. The Balaban J connectivity index is 2.38. The van der Waals surface area contributed by atoms with Gasteiger partial charge in [-0.05, 0) is 36.1 Å². The number of anilines is 2. The molecule has 0 spiro atoms. The van der Waals surface area contributed by atoms with E-state index in [1.54, 1.807) is 19.1 Å². The maximum atomic E-state index is 12.6. The van der Waals surface area contributed by atoms with Crippen LogP contribution in [-0.2, 0) is 16.6 Å². The van der Waals surface area contributed by atoms with Crippen LogP contribution in [0.4, 0.5) is 11.4 Å². The number of hydrogen-bond donors (Lipinski definition) is 2. The van der Waals surface area contributed by atoms with Crippen LogP contribution >= 0.6 is 11.3 Å². The second kappa shape index (κ2) is 6.05. The Morgan fingerprint density at radius 2 is 2.05 bits per heavy atom. The first kappa shape index (κ1) is 15.8. The third kappa shape index (κ3) is 3.37. The van der Waals surface area contributed by atoms with Crippen molar-refractivity contribution in [1.29, 1.82) is 0 Å². The number of rotatable bonds is 5. The molecule has 1 aromatic heterocycles. The molecule has 0 atom stereocenters. The summed E-state index contributed by atoms with van der Waals surface area (Å²) in [6.07, 6.45) is 0. The van der Waals surface area contributed by atoms with Gasteiger partial charge < -0.3 is 10.6 Å². The molecule has 5 nitrogen and oxygen atoms in total. The molecule has 0 radical (unpaired) electrons. The van der Waals surface area contributed by atoms with Crippen LogP contribution in [0.1, 0.15) is 10.4 Å². The summed E-state index contributed by atoms with van der Waals surface area (Å²) in [7, 11) is 0.188. The van der Waals surface area contributed by atoms with Crippen molar-refractivity contribution in [1.82, 2.24) is 0 Å². The highest BCUT2D eigenvalue weighted by molar-refractivity contribution is 7.93. The van der Waals surface area contributed by atoms with Gasteiger partial charge in [0.15, 0.2) is 0 Å². The Labute approximate surface area is 129 Å². The Morgan fingerprint density at radius 3 is 2.67 bits per heavy atom. The van der Waals surface area contributed by atoms with E-state index >= 15 is 0 Å². The molecular weight excluding hydrogens is 306 g/mol. The molecule has 2 aromatic rings. The van der Waals surface area contributed by atoms with E-state index in [2.05, 4.69) is 4.72 Å². The first-order valence-corrected chi connectivity index (χ1v) is 8.78. The SMILES string of the molecule is Cc1csc(CN)c1S(=O)(=O)Nc1cccc(N(C)C)c1. The van der Waals surface area contributed by atoms with Crippen LogP contribution in [0, 0.1) is 6.92 Å². The zero-order valence-electron chi connectivity index (χ0n) is 12.3. The molecule has 2 rings (SSSR count). The molecule has 0 aliphatic heterocycles. The molecule has 0 fully saturated rings. The molecule has 0 saturated heterocycles. The van der Waals surface area contributed by atoms with Crippen molar-refractivity contribution in [3.63, 3.8) is 0 Å². The molecule has 7 heteroatoms. The fraction of sp³-hybridized carbons (Fsp3) is 0.286. The maximum Gasteiger partial charge on any atom is 0.263 e. The molecular formula is C14H19N3O2S2. The highest BCUT2D eigenvalue weighted by Crippen LogP contribution is 2.29. The summed E-state index contributed by atoms with van der Waals surface area (Å²) in [6, 6.07) is 7.26. The van der Waals surface area contributed by atoms with Gasteiger partial charge in [0.25, 0.3) is 10.0 Å². The van der Waals surface area contributed by atoms with Crippen LogP contribution in [0.25, 0.3) is 0 Å². The molecule has 3 N–H and O–H groups in total. The molecule has 0 unspecified atom stereocenters. The van der Waals surface area contributed by atoms with E-state index in [0.29, 0.717) is 15.5 Å². The fourth-order valence-corrected chi connectivity index (χ4v) is 4.80. The average molecular weight is 325 g/mol. The third-order valence-corrected chi connectivity index (χ3v) is 5.92. The number of hydrogen-bond acceptors (Lipinski definition) is 5. The normalized spacial score (nSPS) is 11.4. The average Bonchev–Trinajstić information content (AvgIpc) is 2.80. The van der Waals surface area contributed by atoms with Crippen molar-refractivity contribution in [3.05, 3.63) is 40.1 Å². The Hall–Kier alpha value is -1.57. The van der Waals surface area contributed by atoms with Crippen LogP contribution in [0.2, 0.25) is 0 Å². The van der Waals surface area contributed by atoms with Crippen molar-refractivity contribution in [3.8, 4) is 0 Å². The molecule has 21 heavy (non-hydrogen) atoms. The van der Waals surface area contributed by atoms with Gasteiger partial charge >= 0.3 is 0 Å². The number of aryl methyl sites for hydroxylation is 1. The molecule has 0 aliphatic rings. The minimum atomic E-state index is -3.62. The minimum Gasteiger partial charge on any atom is -0.378 e. The summed E-state index contributed by atoms with van der Waals surface area (Å²) < 4.78 is 27.8. The lowest BCUT2D eigenvalue weighted by molar-refractivity contribution is 0.600. The van der Waals surface area contributed by atoms with Crippen molar-refractivity contribution in [2.24, 2.45) is 5.73 Å². The van der Waals surface area contributed by atoms with Crippen molar-refractivity contribution >= 4 is 32.7 Å². The summed E-state index contributed by atoms with van der Waals surface area (Å²) in [6.45, 7) is 1.99. The topological polar surface area (TPSA) is 75.4 Å². The summed E-state index contributed by atoms with van der Waals surface area (Å²) in [5, 5.41) is 1.81. The quantitative estimate of drug-likeness (QED) is 0.885. The van der Waals surface area contributed by atoms with Crippen LogP contribution in [0.5, 0.6) is 0 Å². The largest absolute Gasteiger partial charge is 0.378 e. The van der Waals surface area contributed by atoms with Gasteiger partial charge in [0.2, 0.25) is 0 Å². The molecule has 0 bridgehead atoms. The summed E-state index contributed by atoms with van der Waals surface area (Å²) in [4.78, 5) is 2.88. The number of nitrogens with one attached hydrogen (secondary N) is 1. The lowest BCUT2D eigenvalue weighted by Crippen LogP contribution is -2.16. The van der Waals surface area contributed by atoms with Crippen LogP contribution in [0.3, 0.4) is 0 Å². The molecule has 114 valence electrons. The van der Waals surface area contributed by atoms with Crippen molar-refractivity contribution < 1.29 is 8.42 Å². The number of benzene rings is 1. The van der Waals surface area contributed by atoms with Crippen LogP contribution < -0.4 is 15.4 Å². The summed E-state index contributed by atoms with van der Waals surface area (Å²) in [5.74, 6) is 0. The van der Waals surface area contributed by atoms with Gasteiger partial charge in [-0.25, -0.2) is 8.42 Å². The van der Waals surface area contributed by atoms with Gasteiger partial charge in [-0.2, -0.15) is 0 Å². The smallest absolute Gasteiger partial charge is 0.263 e. The zero-order chi connectivity index (χ0) is 15.6. The first-order valence-electron chi connectivity index (χ1n) is 6.42. The molecule has 1 aromatic carbocycles. The lowest BCUT2D eigenvalue weighted by Gasteiger charge is -2.15. The number of nitrogens with zero attached hydrogens (tertiary/aromatic N) is 1. The summed E-state index contributed by atoms with van der Waals surface area (Å²) >= 11 is 1.37. The van der Waals surface area contributed by atoms with Gasteiger partial charge in [0.1, 0.15) is 4.90 Å². The Kier molecular flexibility index (Phi) is 4.55. The number of thiophene rings is 1. The van der Waals surface area contributed by atoms with E-state index in [4.69, 9.17) is 5.73 Å². The second-order valence-corrected chi connectivity index (χ2v) is 7.51. The van der Waals surface area contributed by atoms with Gasteiger partial charge in [0, 0.05) is 31.2 Å². The van der Waals surface area contributed by atoms with Crippen LogP contribution in [-0.4, -0.2) is 22.5 Å². The van der Waals surface area contributed by atoms with Gasteiger partial charge in [-0.3, -0.25) is 4.72 Å². The molecule has 0 saturated carbocycles. The molecule has 1 heterocycles. The van der Waals surface area contributed by atoms with Gasteiger partial charge in [0.05, 0.1) is 5.69 Å². The molecule has 0 amide bonds. The monoisotopic (exact) mass is 325 g/mol. The maximum absolute atomic E-state index is 12.6. The van der Waals surface area contributed by atoms with E-state index in [9.17, 15) is 8.42 Å². The van der Waals surface area contributed by atoms with E-state index < -0.39 is 10.0 Å². The van der Waals surface area contributed by atoms with Crippen LogP contribution in [0.15, 0.2) is 34.5 Å². The van der Waals surface area contributed by atoms with Crippen molar-refractivity contribution in [2.45, 2.75) is 18.4 Å². The van der Waals surface area contributed by atoms with Gasteiger partial charge in [-0.15, -0.1) is 11.3 Å².